The minimum absolute atomic E-state index is 0.349. The predicted molar refractivity (Wildman–Crippen MR) is 76.7 cm³/mol. The van der Waals surface area contributed by atoms with Gasteiger partial charge < -0.3 is 10.3 Å². The normalized spacial score (nSPS) is 19.9. The lowest BCUT2D eigenvalue weighted by atomic mass is 10.2. The molecular formula is C12H13N3OS2. The van der Waals surface area contributed by atoms with E-state index in [1.165, 1.54) is 5.75 Å². The maximum absolute atomic E-state index is 5.75. The average molecular weight is 279 g/mol. The van der Waals surface area contributed by atoms with E-state index in [1.807, 2.05) is 47.8 Å². The summed E-state index contributed by atoms with van der Waals surface area (Å²) in [5.41, 5.74) is 7.33. The lowest BCUT2D eigenvalue weighted by Crippen LogP contribution is -2.07. The van der Waals surface area contributed by atoms with E-state index in [0.717, 1.165) is 22.9 Å². The third kappa shape index (κ3) is 2.49. The van der Waals surface area contributed by atoms with Crippen LogP contribution in [0.15, 0.2) is 28.8 Å². The molecule has 1 aromatic heterocycles. The van der Waals surface area contributed by atoms with E-state index >= 15 is 0 Å². The number of nitrogens with zero attached hydrogens (tertiary/aromatic N) is 2. The van der Waals surface area contributed by atoms with Crippen LogP contribution in [0, 0.1) is 0 Å². The summed E-state index contributed by atoms with van der Waals surface area (Å²) < 4.78 is 5.32. The molecule has 1 fully saturated rings. The van der Waals surface area contributed by atoms with Crippen molar-refractivity contribution in [1.29, 1.82) is 0 Å². The van der Waals surface area contributed by atoms with Crippen molar-refractivity contribution in [1.82, 2.24) is 10.1 Å². The summed E-state index contributed by atoms with van der Waals surface area (Å²) in [6.07, 6.45) is 0. The van der Waals surface area contributed by atoms with Crippen molar-refractivity contribution < 1.29 is 4.52 Å². The van der Waals surface area contributed by atoms with Gasteiger partial charge in [0.05, 0.1) is 5.25 Å². The zero-order valence-electron chi connectivity index (χ0n) is 9.70. The smallest absolute Gasteiger partial charge is 0.258 e. The highest BCUT2D eigenvalue weighted by molar-refractivity contribution is 8.06. The topological polar surface area (TPSA) is 64.9 Å². The minimum atomic E-state index is 0.349. The van der Waals surface area contributed by atoms with Crippen molar-refractivity contribution in [2.75, 3.05) is 23.0 Å². The molecule has 1 atom stereocenters. The molecule has 0 spiro atoms. The number of nitrogens with two attached hydrogens (primary N) is 1. The molecule has 0 radical (unpaired) electrons. The van der Waals surface area contributed by atoms with E-state index in [0.29, 0.717) is 16.8 Å². The molecule has 18 heavy (non-hydrogen) atoms. The summed E-state index contributed by atoms with van der Waals surface area (Å²) in [4.78, 5) is 4.48. The van der Waals surface area contributed by atoms with Gasteiger partial charge in [-0.2, -0.15) is 16.7 Å². The number of aromatic nitrogens is 2. The first-order valence-corrected chi connectivity index (χ1v) is 7.92. The summed E-state index contributed by atoms with van der Waals surface area (Å²) in [5, 5.41) is 4.43. The van der Waals surface area contributed by atoms with Gasteiger partial charge in [-0.1, -0.05) is 11.2 Å². The highest BCUT2D eigenvalue weighted by Crippen LogP contribution is 2.35. The van der Waals surface area contributed by atoms with Crippen molar-refractivity contribution in [2.24, 2.45) is 0 Å². The largest absolute Gasteiger partial charge is 0.399 e. The third-order valence-corrected chi connectivity index (χ3v) is 5.43. The fraction of sp³-hybridized carbons (Fsp3) is 0.333. The molecule has 6 heteroatoms. The summed E-state index contributed by atoms with van der Waals surface area (Å²) in [5.74, 6) is 4.76. The molecule has 0 saturated carbocycles. The van der Waals surface area contributed by atoms with Gasteiger partial charge >= 0.3 is 0 Å². The lowest BCUT2D eigenvalue weighted by molar-refractivity contribution is 0.423. The Bertz CT molecular complexity index is 538. The molecule has 1 unspecified atom stereocenters. The quantitative estimate of drug-likeness (QED) is 0.853. The molecule has 1 aliphatic heterocycles. The van der Waals surface area contributed by atoms with Crippen LogP contribution in [0.4, 0.5) is 5.69 Å². The van der Waals surface area contributed by atoms with Crippen molar-refractivity contribution in [3.63, 3.8) is 0 Å². The van der Waals surface area contributed by atoms with Gasteiger partial charge in [0.25, 0.3) is 5.89 Å². The SMILES string of the molecule is Nc1cccc(-c2nc(C3CSCCS3)no2)c1. The van der Waals surface area contributed by atoms with Crippen LogP contribution in [-0.4, -0.2) is 27.4 Å². The van der Waals surface area contributed by atoms with E-state index in [2.05, 4.69) is 10.1 Å². The number of nitrogen functional groups attached to an aromatic ring is 1. The number of benzene rings is 1. The van der Waals surface area contributed by atoms with Crippen LogP contribution in [0.25, 0.3) is 11.5 Å². The molecule has 2 aromatic rings. The number of thioether (sulfide) groups is 2. The second-order valence-electron chi connectivity index (χ2n) is 4.02. The van der Waals surface area contributed by atoms with E-state index in [-0.39, 0.29) is 0 Å². The van der Waals surface area contributed by atoms with Crippen molar-refractivity contribution in [3.8, 4) is 11.5 Å². The zero-order chi connectivity index (χ0) is 12.4. The van der Waals surface area contributed by atoms with Crippen LogP contribution in [0.3, 0.4) is 0 Å². The molecule has 0 amide bonds. The Kier molecular flexibility index (Phi) is 3.47. The molecule has 94 valence electrons. The van der Waals surface area contributed by atoms with Crippen LogP contribution in [-0.2, 0) is 0 Å². The second kappa shape index (κ2) is 5.24. The molecule has 3 rings (SSSR count). The van der Waals surface area contributed by atoms with Gasteiger partial charge in [-0.15, -0.1) is 11.8 Å². The molecule has 1 saturated heterocycles. The standard InChI is InChI=1S/C12H13N3OS2/c13-9-3-1-2-8(6-9)12-14-11(15-16-12)10-7-17-4-5-18-10/h1-3,6,10H,4-5,7,13H2. The van der Waals surface area contributed by atoms with Crippen LogP contribution >= 0.6 is 23.5 Å². The number of hydrogen-bond donors (Lipinski definition) is 1. The fourth-order valence-electron chi connectivity index (χ4n) is 1.79. The Hall–Kier alpha value is -1.14. The molecule has 4 nitrogen and oxygen atoms in total. The van der Waals surface area contributed by atoms with E-state index in [1.54, 1.807) is 0 Å². The summed E-state index contributed by atoms with van der Waals surface area (Å²) in [6, 6.07) is 7.50. The zero-order valence-corrected chi connectivity index (χ0v) is 11.3. The van der Waals surface area contributed by atoms with Gasteiger partial charge in [0.1, 0.15) is 0 Å². The van der Waals surface area contributed by atoms with Gasteiger partial charge in [0.2, 0.25) is 0 Å². The Morgan fingerprint density at radius 3 is 3.06 bits per heavy atom. The molecule has 2 heterocycles. The average Bonchev–Trinajstić information content (AvgIpc) is 2.89. The Labute approximate surface area is 114 Å². The fourth-order valence-corrected chi connectivity index (χ4v) is 4.38. The number of hydrogen-bond acceptors (Lipinski definition) is 6. The summed E-state index contributed by atoms with van der Waals surface area (Å²) >= 11 is 3.84. The first kappa shape index (κ1) is 11.9. The predicted octanol–water partition coefficient (Wildman–Crippen LogP) is 2.84. The molecular weight excluding hydrogens is 266 g/mol. The van der Waals surface area contributed by atoms with Gasteiger partial charge in [-0.05, 0) is 18.2 Å². The lowest BCUT2D eigenvalue weighted by Gasteiger charge is -2.16. The van der Waals surface area contributed by atoms with E-state index < -0.39 is 0 Å². The van der Waals surface area contributed by atoms with Gasteiger partial charge in [0.15, 0.2) is 5.82 Å². The maximum atomic E-state index is 5.75. The molecule has 2 N–H and O–H groups in total. The highest BCUT2D eigenvalue weighted by Gasteiger charge is 2.22. The van der Waals surface area contributed by atoms with Gasteiger partial charge in [-0.3, -0.25) is 0 Å². The Morgan fingerprint density at radius 1 is 1.33 bits per heavy atom. The highest BCUT2D eigenvalue weighted by atomic mass is 32.2. The Morgan fingerprint density at radius 2 is 2.28 bits per heavy atom. The molecule has 1 aromatic carbocycles. The maximum Gasteiger partial charge on any atom is 0.258 e. The van der Waals surface area contributed by atoms with Crippen molar-refractivity contribution in [3.05, 3.63) is 30.1 Å². The Balaban J connectivity index is 1.84. The van der Waals surface area contributed by atoms with Crippen LogP contribution in [0.1, 0.15) is 11.1 Å². The van der Waals surface area contributed by atoms with E-state index in [4.69, 9.17) is 10.3 Å². The van der Waals surface area contributed by atoms with Crippen LogP contribution < -0.4 is 5.73 Å². The van der Waals surface area contributed by atoms with Crippen LogP contribution in [0.2, 0.25) is 0 Å². The van der Waals surface area contributed by atoms with E-state index in [9.17, 15) is 0 Å². The van der Waals surface area contributed by atoms with Gasteiger partial charge in [-0.25, -0.2) is 0 Å². The second-order valence-corrected chi connectivity index (χ2v) is 6.48. The van der Waals surface area contributed by atoms with Gasteiger partial charge in [0, 0.05) is 28.5 Å². The summed E-state index contributed by atoms with van der Waals surface area (Å²) in [6.45, 7) is 0. The third-order valence-electron chi connectivity index (χ3n) is 2.68. The monoisotopic (exact) mass is 279 g/mol. The first-order chi connectivity index (χ1) is 8.83. The van der Waals surface area contributed by atoms with Crippen LogP contribution in [0.5, 0.6) is 0 Å². The van der Waals surface area contributed by atoms with Crippen molar-refractivity contribution in [2.45, 2.75) is 5.25 Å². The molecule has 0 bridgehead atoms. The summed E-state index contributed by atoms with van der Waals surface area (Å²) in [7, 11) is 0. The first-order valence-electron chi connectivity index (χ1n) is 5.72. The number of rotatable bonds is 2. The minimum Gasteiger partial charge on any atom is -0.399 e. The number of anilines is 1. The molecule has 1 aliphatic rings. The van der Waals surface area contributed by atoms with Crippen molar-refractivity contribution >= 4 is 29.2 Å². The molecule has 0 aliphatic carbocycles.